The monoisotopic (exact) mass is 463 g/mol. The number of benzene rings is 4. The average molecular weight is 464 g/mol. The molecule has 4 aromatic rings. The van der Waals surface area contributed by atoms with Crippen LogP contribution in [-0.2, 0) is 9.59 Å². The van der Waals surface area contributed by atoms with Crippen molar-refractivity contribution in [2.45, 2.75) is 19.8 Å². The van der Waals surface area contributed by atoms with Gasteiger partial charge in [0, 0.05) is 35.1 Å². The zero-order valence-corrected chi connectivity index (χ0v) is 19.4. The summed E-state index contributed by atoms with van der Waals surface area (Å²) in [5, 5.41) is 13.6. The van der Waals surface area contributed by atoms with Crippen molar-refractivity contribution >= 4 is 56.8 Å². The topological polar surface area (TPSA) is 73.2 Å². The number of hydrogen-bond acceptors (Lipinski definition) is 4. The van der Waals surface area contributed by atoms with Crippen molar-refractivity contribution in [1.82, 2.24) is 0 Å². The molecule has 2 heterocycles. The van der Waals surface area contributed by atoms with Crippen molar-refractivity contribution in [2.75, 3.05) is 22.9 Å². The van der Waals surface area contributed by atoms with Crippen LogP contribution in [-0.4, -0.2) is 36.4 Å². The number of amidine groups is 1. The molecule has 6 rings (SSSR count). The molecule has 1 amide bonds. The molecule has 0 spiro atoms. The third kappa shape index (κ3) is 3.36. The highest BCUT2D eigenvalue weighted by Crippen LogP contribution is 2.41. The number of hydrogen-bond donors (Lipinski definition) is 1. The van der Waals surface area contributed by atoms with Gasteiger partial charge in [0.1, 0.15) is 5.84 Å². The Bertz CT molecular complexity index is 1530. The standard InChI is InChI=1S/C29H25N3O3/c1-18-5-2-8-21-24(31-15-13-20(14-16-31)29(34)35)12-11-22(26(18)21)28-30-23-9-3-6-19-7-4-10-25(27(19)23)32(28)17-33/h2-12,17,20H,13-16H2,1H3,(H,34,35). The molecule has 6 nitrogen and oxygen atoms in total. The number of carboxylic acid groups (broad SMARTS) is 1. The van der Waals surface area contributed by atoms with Crippen LogP contribution in [0.1, 0.15) is 24.0 Å². The molecule has 0 aliphatic carbocycles. The van der Waals surface area contributed by atoms with Gasteiger partial charge in [0.05, 0.1) is 17.3 Å². The van der Waals surface area contributed by atoms with E-state index in [4.69, 9.17) is 4.99 Å². The van der Waals surface area contributed by atoms with E-state index >= 15 is 0 Å². The fraction of sp³-hybridized carbons (Fsp3) is 0.207. The molecule has 1 N–H and O–H groups in total. The molecule has 2 aliphatic rings. The predicted octanol–water partition coefficient (Wildman–Crippen LogP) is 5.66. The number of nitrogens with zero attached hydrogens (tertiary/aromatic N) is 3. The highest BCUT2D eigenvalue weighted by molar-refractivity contribution is 6.30. The molecule has 4 aromatic carbocycles. The van der Waals surface area contributed by atoms with E-state index in [0.29, 0.717) is 31.8 Å². The summed E-state index contributed by atoms with van der Waals surface area (Å²) in [6, 6.07) is 22.4. The second kappa shape index (κ2) is 8.24. The van der Waals surface area contributed by atoms with Crippen LogP contribution in [0.25, 0.3) is 21.5 Å². The van der Waals surface area contributed by atoms with Crippen LogP contribution in [0.15, 0.2) is 71.7 Å². The first kappa shape index (κ1) is 21.4. The summed E-state index contributed by atoms with van der Waals surface area (Å²) < 4.78 is 0. The summed E-state index contributed by atoms with van der Waals surface area (Å²) in [4.78, 5) is 32.7. The first-order valence-electron chi connectivity index (χ1n) is 11.9. The Morgan fingerprint density at radius 2 is 1.69 bits per heavy atom. The second-order valence-corrected chi connectivity index (χ2v) is 9.29. The van der Waals surface area contributed by atoms with Gasteiger partial charge < -0.3 is 10.0 Å². The summed E-state index contributed by atoms with van der Waals surface area (Å²) in [5.41, 5.74) is 4.78. The lowest BCUT2D eigenvalue weighted by atomic mass is 9.93. The van der Waals surface area contributed by atoms with Gasteiger partial charge in [0.15, 0.2) is 0 Å². The minimum absolute atomic E-state index is 0.279. The van der Waals surface area contributed by atoms with E-state index in [1.54, 1.807) is 4.90 Å². The maximum Gasteiger partial charge on any atom is 0.306 e. The van der Waals surface area contributed by atoms with Gasteiger partial charge in [-0.25, -0.2) is 4.99 Å². The van der Waals surface area contributed by atoms with Crippen molar-refractivity contribution < 1.29 is 14.7 Å². The third-order valence-corrected chi connectivity index (χ3v) is 7.33. The van der Waals surface area contributed by atoms with Crippen LogP contribution in [0.4, 0.5) is 17.1 Å². The van der Waals surface area contributed by atoms with E-state index in [2.05, 4.69) is 36.1 Å². The van der Waals surface area contributed by atoms with Crippen molar-refractivity contribution in [2.24, 2.45) is 10.9 Å². The molecule has 2 aliphatic heterocycles. The summed E-state index contributed by atoms with van der Waals surface area (Å²) >= 11 is 0. The quantitative estimate of drug-likeness (QED) is 0.397. The van der Waals surface area contributed by atoms with Crippen molar-refractivity contribution in [3.05, 3.63) is 77.9 Å². The van der Waals surface area contributed by atoms with Crippen molar-refractivity contribution in [1.29, 1.82) is 0 Å². The molecule has 0 radical (unpaired) electrons. The molecule has 6 heteroatoms. The summed E-state index contributed by atoms with van der Waals surface area (Å²) in [6.07, 6.45) is 2.12. The lowest BCUT2D eigenvalue weighted by Crippen LogP contribution is -2.36. The second-order valence-electron chi connectivity index (χ2n) is 9.29. The Morgan fingerprint density at radius 1 is 0.943 bits per heavy atom. The number of aryl methyl sites for hydroxylation is 1. The molecule has 0 unspecified atom stereocenters. The Morgan fingerprint density at radius 3 is 2.43 bits per heavy atom. The van der Waals surface area contributed by atoms with Crippen LogP contribution in [0, 0.1) is 12.8 Å². The van der Waals surface area contributed by atoms with E-state index in [1.165, 1.54) is 0 Å². The molecule has 0 bridgehead atoms. The van der Waals surface area contributed by atoms with Crippen molar-refractivity contribution in [3.8, 4) is 0 Å². The molecule has 0 atom stereocenters. The Balaban J connectivity index is 1.52. The summed E-state index contributed by atoms with van der Waals surface area (Å²) in [7, 11) is 0. The number of amides is 1. The number of aliphatic imine (C=N–C) groups is 1. The highest BCUT2D eigenvalue weighted by atomic mass is 16.4. The maximum absolute atomic E-state index is 12.4. The Hall–Kier alpha value is -4.19. The minimum Gasteiger partial charge on any atom is -0.481 e. The van der Waals surface area contributed by atoms with E-state index in [9.17, 15) is 14.7 Å². The van der Waals surface area contributed by atoms with Gasteiger partial charge in [-0.1, -0.05) is 42.5 Å². The molecule has 0 aromatic heterocycles. The number of rotatable bonds is 4. The van der Waals surface area contributed by atoms with Gasteiger partial charge in [0.2, 0.25) is 6.41 Å². The zero-order valence-electron chi connectivity index (χ0n) is 19.4. The van der Waals surface area contributed by atoms with E-state index < -0.39 is 5.97 Å². The van der Waals surface area contributed by atoms with Crippen LogP contribution in [0.2, 0.25) is 0 Å². The molecule has 1 fully saturated rings. The van der Waals surface area contributed by atoms with Crippen molar-refractivity contribution in [3.63, 3.8) is 0 Å². The van der Waals surface area contributed by atoms with Gasteiger partial charge in [-0.05, 0) is 60.4 Å². The first-order valence-corrected chi connectivity index (χ1v) is 11.9. The molecule has 1 saturated heterocycles. The molecule has 35 heavy (non-hydrogen) atoms. The normalized spacial score (nSPS) is 16.0. The SMILES string of the molecule is Cc1cccc2c(N3CCC(C(=O)O)CC3)ccc(C3=Nc4cccc5cccc(c45)N3C=O)c12. The van der Waals surface area contributed by atoms with Crippen LogP contribution < -0.4 is 9.80 Å². The molecule has 0 saturated carbocycles. The molecule has 174 valence electrons. The Labute approximate surface area is 203 Å². The van der Waals surface area contributed by atoms with E-state index in [0.717, 1.165) is 56.1 Å². The zero-order chi connectivity index (χ0) is 24.1. The summed E-state index contributed by atoms with van der Waals surface area (Å²) in [6.45, 7) is 3.49. The molecular formula is C29H25N3O3. The summed E-state index contributed by atoms with van der Waals surface area (Å²) in [5.74, 6) is -0.374. The van der Waals surface area contributed by atoms with E-state index in [1.807, 2.05) is 42.5 Å². The maximum atomic E-state index is 12.4. The van der Waals surface area contributed by atoms with E-state index in [-0.39, 0.29) is 5.92 Å². The van der Waals surface area contributed by atoms with Gasteiger partial charge in [-0.3, -0.25) is 14.5 Å². The minimum atomic E-state index is -0.708. The lowest BCUT2D eigenvalue weighted by molar-refractivity contribution is -0.142. The fourth-order valence-electron chi connectivity index (χ4n) is 5.58. The number of anilines is 2. The number of fused-ring (bicyclic) bond motifs is 1. The number of carbonyl (C=O) groups excluding carboxylic acids is 1. The first-order chi connectivity index (χ1) is 17.1. The highest BCUT2D eigenvalue weighted by Gasteiger charge is 2.28. The average Bonchev–Trinajstić information content (AvgIpc) is 2.88. The molecular weight excluding hydrogens is 438 g/mol. The van der Waals surface area contributed by atoms with Gasteiger partial charge in [0.25, 0.3) is 0 Å². The van der Waals surface area contributed by atoms with Crippen LogP contribution in [0.3, 0.4) is 0 Å². The van der Waals surface area contributed by atoms with Gasteiger partial charge >= 0.3 is 5.97 Å². The number of carbonyl (C=O) groups is 2. The number of carboxylic acids is 1. The largest absolute Gasteiger partial charge is 0.481 e. The smallest absolute Gasteiger partial charge is 0.306 e. The lowest BCUT2D eigenvalue weighted by Gasteiger charge is -2.33. The van der Waals surface area contributed by atoms with Crippen LogP contribution in [0.5, 0.6) is 0 Å². The van der Waals surface area contributed by atoms with Gasteiger partial charge in [-0.15, -0.1) is 0 Å². The van der Waals surface area contributed by atoms with Crippen LogP contribution >= 0.6 is 0 Å². The predicted molar refractivity (Wildman–Crippen MR) is 140 cm³/mol. The third-order valence-electron chi connectivity index (χ3n) is 7.33. The number of piperidine rings is 1. The Kier molecular flexibility index (Phi) is 5.02. The van der Waals surface area contributed by atoms with Gasteiger partial charge in [-0.2, -0.15) is 0 Å². The fourth-order valence-corrected chi connectivity index (χ4v) is 5.58. The number of aliphatic carboxylic acids is 1.